The summed E-state index contributed by atoms with van der Waals surface area (Å²) in [4.78, 5) is 14.5. The van der Waals surface area contributed by atoms with Gasteiger partial charge in [-0.25, -0.2) is 0 Å². The number of hydrogen-bond donors (Lipinski definition) is 0. The fraction of sp³-hybridized carbons (Fsp3) is 0.643. The Hall–Kier alpha value is -0.810. The molecule has 0 spiro atoms. The molecular weight excluding hydrogens is 308 g/mol. The number of aryl methyl sites for hydroxylation is 1. The number of ether oxygens (including phenoxy) is 1. The molecule has 2 heterocycles. The van der Waals surface area contributed by atoms with Gasteiger partial charge in [-0.15, -0.1) is 0 Å². The molecule has 1 fully saturated rings. The number of aromatic nitrogens is 1. The van der Waals surface area contributed by atoms with E-state index in [1.165, 1.54) is 0 Å². The molecule has 1 unspecified atom stereocenters. The van der Waals surface area contributed by atoms with Crippen molar-refractivity contribution in [1.29, 1.82) is 0 Å². The average molecular weight is 329 g/mol. The summed E-state index contributed by atoms with van der Waals surface area (Å²) in [6, 6.07) is 1.89. The molecule has 1 aliphatic rings. The van der Waals surface area contributed by atoms with Gasteiger partial charge in [-0.05, 0) is 49.7 Å². The molecule has 1 aromatic rings. The fourth-order valence-corrected chi connectivity index (χ4v) is 3.15. The van der Waals surface area contributed by atoms with Crippen LogP contribution in [0.15, 0.2) is 16.7 Å². The predicted octanol–water partition coefficient (Wildman–Crippen LogP) is 2.91. The van der Waals surface area contributed by atoms with Crippen molar-refractivity contribution >= 4 is 21.8 Å². The van der Waals surface area contributed by atoms with Crippen molar-refractivity contribution in [3.05, 3.63) is 22.4 Å². The summed E-state index contributed by atoms with van der Waals surface area (Å²) in [6.07, 6.45) is 2.02. The Balaban J connectivity index is 2.23. The molecule has 0 bridgehead atoms. The second kappa shape index (κ2) is 5.29. The number of hydrogen-bond acceptors (Lipinski definition) is 2. The molecule has 0 radical (unpaired) electrons. The second-order valence-corrected chi connectivity index (χ2v) is 6.62. The van der Waals surface area contributed by atoms with Gasteiger partial charge in [0, 0.05) is 30.3 Å². The highest BCUT2D eigenvalue weighted by molar-refractivity contribution is 9.10. The fourth-order valence-electron chi connectivity index (χ4n) is 2.69. The first-order chi connectivity index (χ1) is 8.82. The van der Waals surface area contributed by atoms with E-state index < -0.39 is 0 Å². The zero-order chi connectivity index (χ0) is 14.2. The molecule has 0 aliphatic carbocycles. The van der Waals surface area contributed by atoms with E-state index in [4.69, 9.17) is 4.74 Å². The highest BCUT2D eigenvalue weighted by Crippen LogP contribution is 2.24. The molecule has 4 nitrogen and oxygen atoms in total. The van der Waals surface area contributed by atoms with Crippen molar-refractivity contribution in [2.24, 2.45) is 0 Å². The number of amides is 1. The van der Waals surface area contributed by atoms with E-state index in [0.717, 1.165) is 16.7 Å². The lowest BCUT2D eigenvalue weighted by atomic mass is 10.1. The first-order valence-corrected chi connectivity index (χ1v) is 7.44. The van der Waals surface area contributed by atoms with Crippen molar-refractivity contribution < 1.29 is 9.53 Å². The van der Waals surface area contributed by atoms with Gasteiger partial charge in [0.1, 0.15) is 5.69 Å². The normalized spacial score (nSPS) is 22.6. The number of nitrogens with zero attached hydrogens (tertiary/aromatic N) is 2. The molecule has 0 aromatic carbocycles. The lowest BCUT2D eigenvalue weighted by molar-refractivity contribution is -0.119. The maximum absolute atomic E-state index is 12.7. The number of carbonyl (C=O) groups excluding carboxylic acids is 1. The lowest BCUT2D eigenvalue weighted by Gasteiger charge is -2.41. The molecule has 1 saturated heterocycles. The maximum atomic E-state index is 12.7. The number of halogens is 1. The number of rotatable bonds is 2. The molecule has 0 saturated carbocycles. The van der Waals surface area contributed by atoms with Gasteiger partial charge in [-0.2, -0.15) is 0 Å². The third kappa shape index (κ3) is 3.20. The van der Waals surface area contributed by atoms with Gasteiger partial charge in [0.05, 0.1) is 11.7 Å². The van der Waals surface area contributed by atoms with Crippen LogP contribution in [0.2, 0.25) is 0 Å². The van der Waals surface area contributed by atoms with Crippen LogP contribution in [-0.2, 0) is 11.3 Å². The van der Waals surface area contributed by atoms with Crippen LogP contribution >= 0.6 is 15.9 Å². The molecule has 1 amide bonds. The Kier molecular flexibility index (Phi) is 4.06. The Bertz CT molecular complexity index is 482. The second-order valence-electron chi connectivity index (χ2n) is 5.70. The van der Waals surface area contributed by atoms with Crippen LogP contribution < -0.4 is 0 Å². The van der Waals surface area contributed by atoms with E-state index in [1.54, 1.807) is 0 Å². The summed E-state index contributed by atoms with van der Waals surface area (Å²) in [5.74, 6) is 0.0794. The molecule has 1 aromatic heterocycles. The first kappa shape index (κ1) is 14.6. The molecular formula is C14H21BrN2O2. The Morgan fingerprint density at radius 1 is 1.58 bits per heavy atom. The monoisotopic (exact) mass is 328 g/mol. The molecule has 1 atom stereocenters. The number of morpholine rings is 1. The average Bonchev–Trinajstić information content (AvgIpc) is 2.66. The van der Waals surface area contributed by atoms with Crippen LogP contribution in [0.1, 0.15) is 38.2 Å². The SMILES string of the molecule is CCn1cc(Br)cc1C(=O)N1CC(C)OC(C)(C)C1. The summed E-state index contributed by atoms with van der Waals surface area (Å²) in [7, 11) is 0. The summed E-state index contributed by atoms with van der Waals surface area (Å²) in [6.45, 7) is 10.2. The van der Waals surface area contributed by atoms with Gasteiger partial charge in [0.2, 0.25) is 0 Å². The Labute approximate surface area is 122 Å². The van der Waals surface area contributed by atoms with Crippen LogP contribution in [0, 0.1) is 0 Å². The first-order valence-electron chi connectivity index (χ1n) is 6.65. The zero-order valence-electron chi connectivity index (χ0n) is 11.9. The van der Waals surface area contributed by atoms with E-state index >= 15 is 0 Å². The molecule has 5 heteroatoms. The third-order valence-corrected chi connectivity index (χ3v) is 3.71. The molecule has 2 rings (SSSR count). The van der Waals surface area contributed by atoms with Crippen molar-refractivity contribution in [2.45, 2.75) is 45.9 Å². The summed E-state index contributed by atoms with van der Waals surface area (Å²) in [5.41, 5.74) is 0.452. The van der Waals surface area contributed by atoms with Crippen LogP contribution in [0.25, 0.3) is 0 Å². The predicted molar refractivity (Wildman–Crippen MR) is 78.3 cm³/mol. The zero-order valence-corrected chi connectivity index (χ0v) is 13.5. The maximum Gasteiger partial charge on any atom is 0.270 e. The smallest absolute Gasteiger partial charge is 0.270 e. The molecule has 19 heavy (non-hydrogen) atoms. The van der Waals surface area contributed by atoms with Crippen LogP contribution in [-0.4, -0.2) is 40.2 Å². The van der Waals surface area contributed by atoms with Gasteiger partial charge >= 0.3 is 0 Å². The van der Waals surface area contributed by atoms with Crippen LogP contribution in [0.4, 0.5) is 0 Å². The summed E-state index contributed by atoms with van der Waals surface area (Å²) < 4.78 is 8.76. The third-order valence-electron chi connectivity index (χ3n) is 3.28. The van der Waals surface area contributed by atoms with Crippen LogP contribution in [0.5, 0.6) is 0 Å². The minimum absolute atomic E-state index is 0.0705. The van der Waals surface area contributed by atoms with Gasteiger partial charge < -0.3 is 14.2 Å². The van der Waals surface area contributed by atoms with E-state index in [2.05, 4.69) is 15.9 Å². The quantitative estimate of drug-likeness (QED) is 0.836. The van der Waals surface area contributed by atoms with Crippen molar-refractivity contribution in [1.82, 2.24) is 9.47 Å². The van der Waals surface area contributed by atoms with E-state index in [1.807, 2.05) is 49.4 Å². The molecule has 1 aliphatic heterocycles. The Morgan fingerprint density at radius 3 is 2.84 bits per heavy atom. The van der Waals surface area contributed by atoms with Crippen molar-refractivity contribution in [2.75, 3.05) is 13.1 Å². The minimum Gasteiger partial charge on any atom is -0.369 e. The lowest BCUT2D eigenvalue weighted by Crippen LogP contribution is -2.54. The standard InChI is InChI=1S/C14H21BrN2O2/c1-5-16-8-11(15)6-12(16)13(18)17-7-10(2)19-14(3,4)9-17/h6,8,10H,5,7,9H2,1-4H3. The van der Waals surface area contributed by atoms with Crippen molar-refractivity contribution in [3.8, 4) is 0 Å². The van der Waals surface area contributed by atoms with E-state index in [0.29, 0.717) is 13.1 Å². The largest absolute Gasteiger partial charge is 0.369 e. The summed E-state index contributed by atoms with van der Waals surface area (Å²) >= 11 is 3.43. The van der Waals surface area contributed by atoms with Crippen LogP contribution in [0.3, 0.4) is 0 Å². The van der Waals surface area contributed by atoms with E-state index in [9.17, 15) is 4.79 Å². The minimum atomic E-state index is -0.284. The highest BCUT2D eigenvalue weighted by atomic mass is 79.9. The van der Waals surface area contributed by atoms with Gasteiger partial charge in [-0.1, -0.05) is 0 Å². The molecule has 106 valence electrons. The summed E-state index contributed by atoms with van der Waals surface area (Å²) in [5, 5.41) is 0. The van der Waals surface area contributed by atoms with E-state index in [-0.39, 0.29) is 17.6 Å². The van der Waals surface area contributed by atoms with Gasteiger partial charge in [-0.3, -0.25) is 4.79 Å². The Morgan fingerprint density at radius 2 is 2.26 bits per heavy atom. The van der Waals surface area contributed by atoms with Gasteiger partial charge in [0.25, 0.3) is 5.91 Å². The highest BCUT2D eigenvalue weighted by Gasteiger charge is 2.34. The molecule has 0 N–H and O–H groups in total. The number of carbonyl (C=O) groups is 1. The van der Waals surface area contributed by atoms with Gasteiger partial charge in [0.15, 0.2) is 0 Å². The van der Waals surface area contributed by atoms with Crippen molar-refractivity contribution in [3.63, 3.8) is 0 Å². The topological polar surface area (TPSA) is 34.5 Å².